The number of aromatic carboxylic acids is 1. The fraction of sp³-hybridized carbons (Fsp3) is 0.100. The lowest BCUT2D eigenvalue weighted by molar-refractivity contribution is 0.0691. The molecule has 0 amide bonds. The maximum Gasteiger partial charge on any atom is 0.340 e. The third-order valence-corrected chi connectivity index (χ3v) is 1.84. The van der Waals surface area contributed by atoms with E-state index < -0.39 is 17.3 Å². The number of rotatable bonds is 2. The molecule has 0 aliphatic carbocycles. The van der Waals surface area contributed by atoms with Crippen molar-refractivity contribution in [1.29, 1.82) is 0 Å². The molecule has 0 aliphatic rings. The molecule has 90 valence electrons. The van der Waals surface area contributed by atoms with E-state index in [4.69, 9.17) is 5.11 Å². The lowest BCUT2D eigenvalue weighted by atomic mass is 10.1. The number of hydrogen-bond acceptors (Lipinski definition) is 3. The van der Waals surface area contributed by atoms with Gasteiger partial charge in [-0.05, 0) is 17.1 Å². The Kier molecular flexibility index (Phi) is 5.01. The topological polar surface area (TPSA) is 68.0 Å². The van der Waals surface area contributed by atoms with Gasteiger partial charge in [-0.3, -0.25) is 0 Å². The monoisotopic (exact) mass is 349 g/mol. The highest BCUT2D eigenvalue weighted by atomic mass is 127. The highest BCUT2D eigenvalue weighted by molar-refractivity contribution is 14.1. The van der Waals surface area contributed by atoms with Gasteiger partial charge in [0.1, 0.15) is 17.1 Å². The number of carboxylic acids is 1. The number of alkyl halides is 1. The Bertz CT molecular complexity index is 502. The highest BCUT2D eigenvalue weighted by Gasteiger charge is 2.17. The molecule has 2 aromatic rings. The minimum atomic E-state index is -1.35. The van der Waals surface area contributed by atoms with E-state index in [9.17, 15) is 9.18 Å². The summed E-state index contributed by atoms with van der Waals surface area (Å²) < 4.78 is 13.2. The first-order chi connectivity index (χ1) is 8.20. The predicted octanol–water partition coefficient (Wildman–Crippen LogP) is 2.16. The van der Waals surface area contributed by atoms with Crippen molar-refractivity contribution in [2.24, 2.45) is 0 Å². The summed E-state index contributed by atoms with van der Waals surface area (Å²) in [5.41, 5.74) is -0.332. The van der Waals surface area contributed by atoms with Gasteiger partial charge in [0.2, 0.25) is 0 Å². The van der Waals surface area contributed by atoms with Crippen molar-refractivity contribution in [2.75, 3.05) is 4.93 Å². The van der Waals surface area contributed by atoms with E-state index in [1.807, 2.05) is 4.93 Å². The number of carboxylic acid groups (broad SMARTS) is 1. The van der Waals surface area contributed by atoms with Crippen LogP contribution in [0.2, 0.25) is 0 Å². The van der Waals surface area contributed by atoms with Crippen molar-refractivity contribution in [3.05, 3.63) is 42.0 Å². The van der Waals surface area contributed by atoms with Crippen LogP contribution in [0.4, 0.5) is 4.39 Å². The zero-order valence-electron chi connectivity index (χ0n) is 8.84. The zero-order valence-corrected chi connectivity index (χ0v) is 11.0. The van der Waals surface area contributed by atoms with Gasteiger partial charge in [0.05, 0.1) is 12.4 Å². The van der Waals surface area contributed by atoms with E-state index in [-0.39, 0.29) is 5.69 Å². The SMILES string of the molecule is CI.O=C(O)c1c(F)cccc1-n1nccn1. The average Bonchev–Trinajstić information content (AvgIpc) is 2.84. The molecule has 0 saturated heterocycles. The molecule has 0 bridgehead atoms. The maximum atomic E-state index is 13.2. The molecule has 17 heavy (non-hydrogen) atoms. The molecule has 7 heteroatoms. The smallest absolute Gasteiger partial charge is 0.340 e. The van der Waals surface area contributed by atoms with Crippen LogP contribution in [-0.2, 0) is 0 Å². The number of benzene rings is 1. The molecular weight excluding hydrogens is 340 g/mol. The van der Waals surface area contributed by atoms with Crippen LogP contribution in [0, 0.1) is 5.82 Å². The van der Waals surface area contributed by atoms with Crippen molar-refractivity contribution in [3.63, 3.8) is 0 Å². The average molecular weight is 349 g/mol. The first-order valence-corrected chi connectivity index (χ1v) is 6.62. The van der Waals surface area contributed by atoms with E-state index in [2.05, 4.69) is 32.8 Å². The number of hydrogen-bond donors (Lipinski definition) is 1. The maximum absolute atomic E-state index is 13.2. The molecule has 1 N–H and O–H groups in total. The minimum Gasteiger partial charge on any atom is -0.478 e. The molecule has 5 nitrogen and oxygen atoms in total. The summed E-state index contributed by atoms with van der Waals surface area (Å²) in [7, 11) is 0. The molecule has 1 aromatic heterocycles. The molecule has 1 aromatic carbocycles. The second-order valence-electron chi connectivity index (χ2n) is 2.76. The lowest BCUT2D eigenvalue weighted by Gasteiger charge is -2.04. The second kappa shape index (κ2) is 6.28. The summed E-state index contributed by atoms with van der Waals surface area (Å²) in [5, 5.41) is 16.3. The lowest BCUT2D eigenvalue weighted by Crippen LogP contribution is -2.10. The number of aromatic nitrogens is 3. The van der Waals surface area contributed by atoms with Gasteiger partial charge >= 0.3 is 5.97 Å². The van der Waals surface area contributed by atoms with Gasteiger partial charge in [-0.25, -0.2) is 9.18 Å². The third kappa shape index (κ3) is 2.99. The van der Waals surface area contributed by atoms with Crippen LogP contribution < -0.4 is 0 Å². The molecule has 0 spiro atoms. The van der Waals surface area contributed by atoms with E-state index in [1.165, 1.54) is 24.5 Å². The zero-order chi connectivity index (χ0) is 12.8. The molecule has 0 unspecified atom stereocenters. The fourth-order valence-electron chi connectivity index (χ4n) is 1.23. The second-order valence-corrected chi connectivity index (χ2v) is 2.76. The molecule has 0 radical (unpaired) electrons. The van der Waals surface area contributed by atoms with E-state index in [0.717, 1.165) is 10.9 Å². The molecule has 1 heterocycles. The number of halogens is 2. The van der Waals surface area contributed by atoms with Crippen molar-refractivity contribution < 1.29 is 14.3 Å². The normalized spacial score (nSPS) is 9.35. The van der Waals surface area contributed by atoms with Crippen LogP contribution in [0.1, 0.15) is 10.4 Å². The summed E-state index contributed by atoms with van der Waals surface area (Å²) in [4.78, 5) is 13.9. The fourth-order valence-corrected chi connectivity index (χ4v) is 1.23. The highest BCUT2D eigenvalue weighted by Crippen LogP contribution is 2.16. The van der Waals surface area contributed by atoms with Gasteiger partial charge in [-0.1, -0.05) is 28.7 Å². The van der Waals surface area contributed by atoms with E-state index in [1.54, 1.807) is 0 Å². The van der Waals surface area contributed by atoms with Crippen LogP contribution in [0.25, 0.3) is 5.69 Å². The summed E-state index contributed by atoms with van der Waals surface area (Å²) in [5.74, 6) is -2.15. The van der Waals surface area contributed by atoms with Crippen LogP contribution in [0.5, 0.6) is 0 Å². The summed E-state index contributed by atoms with van der Waals surface area (Å²) >= 11 is 2.15. The molecule has 0 atom stereocenters. The Morgan fingerprint density at radius 1 is 1.35 bits per heavy atom. The number of carbonyl (C=O) groups is 1. The van der Waals surface area contributed by atoms with Crippen molar-refractivity contribution >= 4 is 28.6 Å². The standard InChI is InChI=1S/C9H6FN3O2.CH3I/c10-6-2-1-3-7(8(6)9(14)15)13-11-4-5-12-13;1-2/h1-5H,(H,14,15);1H3. The minimum absolute atomic E-state index is 0.104. The quantitative estimate of drug-likeness (QED) is 0.667. The summed E-state index contributed by atoms with van der Waals surface area (Å²) in [6.45, 7) is 0. The van der Waals surface area contributed by atoms with Gasteiger partial charge in [-0.2, -0.15) is 15.0 Å². The Morgan fingerprint density at radius 3 is 2.47 bits per heavy atom. The molecule has 0 saturated carbocycles. The van der Waals surface area contributed by atoms with Gasteiger partial charge < -0.3 is 5.11 Å². The first-order valence-electron chi connectivity index (χ1n) is 4.46. The van der Waals surface area contributed by atoms with Crippen LogP contribution in [0.3, 0.4) is 0 Å². The Morgan fingerprint density at radius 2 is 1.94 bits per heavy atom. The Hall–Kier alpha value is -1.51. The molecular formula is C10H9FIN3O2. The summed E-state index contributed by atoms with van der Waals surface area (Å²) in [6.07, 6.45) is 2.77. The van der Waals surface area contributed by atoms with Crippen molar-refractivity contribution in [3.8, 4) is 5.69 Å². The first kappa shape index (κ1) is 13.6. The van der Waals surface area contributed by atoms with Crippen LogP contribution >= 0.6 is 22.6 Å². The van der Waals surface area contributed by atoms with E-state index in [0.29, 0.717) is 0 Å². The van der Waals surface area contributed by atoms with Gasteiger partial charge in [0.25, 0.3) is 0 Å². The number of nitrogens with zero attached hydrogens (tertiary/aromatic N) is 3. The molecule has 2 rings (SSSR count). The predicted molar refractivity (Wildman–Crippen MR) is 68.2 cm³/mol. The van der Waals surface area contributed by atoms with E-state index >= 15 is 0 Å². The van der Waals surface area contributed by atoms with Crippen molar-refractivity contribution in [1.82, 2.24) is 15.0 Å². The van der Waals surface area contributed by atoms with Gasteiger partial charge in [0.15, 0.2) is 0 Å². The largest absolute Gasteiger partial charge is 0.478 e. The Labute approximate surface area is 110 Å². The molecule has 0 aliphatic heterocycles. The van der Waals surface area contributed by atoms with Gasteiger partial charge in [-0.15, -0.1) is 0 Å². The van der Waals surface area contributed by atoms with Crippen molar-refractivity contribution in [2.45, 2.75) is 0 Å². The van der Waals surface area contributed by atoms with Gasteiger partial charge in [0, 0.05) is 0 Å². The summed E-state index contributed by atoms with van der Waals surface area (Å²) in [6, 6.07) is 3.92. The van der Waals surface area contributed by atoms with Crippen LogP contribution in [0.15, 0.2) is 30.6 Å². The van der Waals surface area contributed by atoms with Crippen LogP contribution in [-0.4, -0.2) is 31.0 Å². The Balaban J connectivity index is 0.000000686. The third-order valence-electron chi connectivity index (χ3n) is 1.84. The molecule has 0 fully saturated rings.